The van der Waals surface area contributed by atoms with Gasteiger partial charge in [-0.2, -0.15) is 0 Å². The van der Waals surface area contributed by atoms with E-state index in [1.54, 1.807) is 0 Å². The fourth-order valence-electron chi connectivity index (χ4n) is 3.40. The molecule has 2 unspecified atom stereocenters. The van der Waals surface area contributed by atoms with Gasteiger partial charge in [-0.25, -0.2) is 0 Å². The Morgan fingerprint density at radius 1 is 1.07 bits per heavy atom. The van der Waals surface area contributed by atoms with Crippen LogP contribution in [0.5, 0.6) is 0 Å². The molecule has 1 aliphatic carbocycles. The maximum absolute atomic E-state index is 5.25. The van der Waals surface area contributed by atoms with Gasteiger partial charge in [-0.1, -0.05) is 32.1 Å². The van der Waals surface area contributed by atoms with Crippen molar-refractivity contribution in [2.24, 2.45) is 11.8 Å². The molecule has 2 aliphatic rings. The molecule has 2 heteroatoms. The normalized spacial score (nSPS) is 34.2. The van der Waals surface area contributed by atoms with Crippen LogP contribution in [0, 0.1) is 11.8 Å². The third kappa shape index (κ3) is 3.18. The van der Waals surface area contributed by atoms with E-state index >= 15 is 0 Å². The van der Waals surface area contributed by atoms with Gasteiger partial charge in [0, 0.05) is 13.2 Å². The van der Waals surface area contributed by atoms with Crippen LogP contribution >= 0.6 is 0 Å². The number of hydrogen-bond acceptors (Lipinski definition) is 2. The zero-order chi connectivity index (χ0) is 10.5. The second-order valence-corrected chi connectivity index (χ2v) is 5.29. The van der Waals surface area contributed by atoms with Crippen molar-refractivity contribution in [1.82, 2.24) is 5.32 Å². The summed E-state index contributed by atoms with van der Waals surface area (Å²) in [6, 6.07) is 0.621. The summed E-state index contributed by atoms with van der Waals surface area (Å²) < 4.78 is 5.25. The predicted molar refractivity (Wildman–Crippen MR) is 63.0 cm³/mol. The average Bonchev–Trinajstić information content (AvgIpc) is 2.31. The third-order valence-corrected chi connectivity index (χ3v) is 4.22. The number of methoxy groups -OCH3 is 1. The lowest BCUT2D eigenvalue weighted by molar-refractivity contribution is 0.113. The van der Waals surface area contributed by atoms with Crippen molar-refractivity contribution in [3.8, 4) is 0 Å². The highest BCUT2D eigenvalue weighted by Crippen LogP contribution is 2.35. The van der Waals surface area contributed by atoms with Gasteiger partial charge in [0.2, 0.25) is 0 Å². The van der Waals surface area contributed by atoms with E-state index in [1.165, 1.54) is 51.5 Å². The number of ether oxygens (including phenoxy) is 1. The summed E-state index contributed by atoms with van der Waals surface area (Å²) in [5.74, 6) is 2.01. The molecule has 0 amide bonds. The monoisotopic (exact) mass is 211 g/mol. The van der Waals surface area contributed by atoms with Crippen molar-refractivity contribution in [2.45, 2.75) is 51.0 Å². The molecule has 1 aliphatic heterocycles. The molecular weight excluding hydrogens is 186 g/mol. The van der Waals surface area contributed by atoms with Gasteiger partial charge >= 0.3 is 0 Å². The molecule has 0 aromatic carbocycles. The molecule has 2 atom stereocenters. The van der Waals surface area contributed by atoms with Gasteiger partial charge in [-0.05, 0) is 31.2 Å². The first-order valence-corrected chi connectivity index (χ1v) is 6.62. The van der Waals surface area contributed by atoms with Crippen LogP contribution < -0.4 is 5.32 Å². The fraction of sp³-hybridized carbons (Fsp3) is 1.00. The first kappa shape index (κ1) is 11.4. The Bertz CT molecular complexity index is 175. The van der Waals surface area contributed by atoms with Crippen LogP contribution in [-0.4, -0.2) is 26.3 Å². The SMILES string of the molecule is COCC1CC(C2CCCCC2)CCN1. The molecule has 1 saturated heterocycles. The molecule has 0 bridgehead atoms. The largest absolute Gasteiger partial charge is 0.383 e. The molecule has 0 radical (unpaired) electrons. The molecule has 2 fully saturated rings. The van der Waals surface area contributed by atoms with Crippen molar-refractivity contribution in [2.75, 3.05) is 20.3 Å². The average molecular weight is 211 g/mol. The zero-order valence-corrected chi connectivity index (χ0v) is 10.0. The Labute approximate surface area is 93.8 Å². The van der Waals surface area contributed by atoms with Gasteiger partial charge in [-0.15, -0.1) is 0 Å². The maximum atomic E-state index is 5.25. The molecule has 88 valence electrons. The predicted octanol–water partition coefficient (Wildman–Crippen LogP) is 2.58. The smallest absolute Gasteiger partial charge is 0.0615 e. The summed E-state index contributed by atoms with van der Waals surface area (Å²) in [4.78, 5) is 0. The molecule has 0 aromatic rings. The van der Waals surface area contributed by atoms with Crippen LogP contribution in [0.15, 0.2) is 0 Å². The topological polar surface area (TPSA) is 21.3 Å². The molecular formula is C13H25NO. The lowest BCUT2D eigenvalue weighted by atomic mass is 9.74. The summed E-state index contributed by atoms with van der Waals surface area (Å²) in [5.41, 5.74) is 0. The summed E-state index contributed by atoms with van der Waals surface area (Å²) in [6.07, 6.45) is 10.1. The second-order valence-electron chi connectivity index (χ2n) is 5.29. The van der Waals surface area contributed by atoms with E-state index in [0.717, 1.165) is 18.4 Å². The second kappa shape index (κ2) is 5.86. The molecule has 2 nitrogen and oxygen atoms in total. The van der Waals surface area contributed by atoms with Crippen molar-refractivity contribution < 1.29 is 4.74 Å². The first-order valence-electron chi connectivity index (χ1n) is 6.62. The van der Waals surface area contributed by atoms with Gasteiger partial charge in [-0.3, -0.25) is 0 Å². The molecule has 0 aromatic heterocycles. The van der Waals surface area contributed by atoms with Gasteiger partial charge < -0.3 is 10.1 Å². The Balaban J connectivity index is 1.80. The van der Waals surface area contributed by atoms with Crippen LogP contribution in [0.2, 0.25) is 0 Å². The lowest BCUT2D eigenvalue weighted by Crippen LogP contribution is -2.43. The first-order chi connectivity index (χ1) is 7.40. The number of rotatable bonds is 3. The highest BCUT2D eigenvalue weighted by Gasteiger charge is 2.28. The summed E-state index contributed by atoms with van der Waals surface area (Å²) in [5, 5.41) is 3.56. The zero-order valence-electron chi connectivity index (χ0n) is 10.0. The van der Waals surface area contributed by atoms with E-state index < -0.39 is 0 Å². The third-order valence-electron chi connectivity index (χ3n) is 4.22. The Morgan fingerprint density at radius 3 is 2.60 bits per heavy atom. The van der Waals surface area contributed by atoms with E-state index in [9.17, 15) is 0 Å². The minimum Gasteiger partial charge on any atom is -0.383 e. The number of piperidine rings is 1. The van der Waals surface area contributed by atoms with Crippen molar-refractivity contribution in [1.29, 1.82) is 0 Å². The molecule has 1 N–H and O–H groups in total. The molecule has 1 heterocycles. The minimum atomic E-state index is 0.621. The Kier molecular flexibility index (Phi) is 4.45. The highest BCUT2D eigenvalue weighted by atomic mass is 16.5. The molecule has 15 heavy (non-hydrogen) atoms. The van der Waals surface area contributed by atoms with Crippen LogP contribution in [0.4, 0.5) is 0 Å². The molecule has 0 spiro atoms. The number of nitrogens with one attached hydrogen (secondary N) is 1. The van der Waals surface area contributed by atoms with Crippen LogP contribution in [-0.2, 0) is 4.74 Å². The van der Waals surface area contributed by atoms with E-state index in [1.807, 2.05) is 7.11 Å². The Hall–Kier alpha value is -0.0800. The van der Waals surface area contributed by atoms with Gasteiger partial charge in [0.25, 0.3) is 0 Å². The minimum absolute atomic E-state index is 0.621. The van der Waals surface area contributed by atoms with E-state index in [2.05, 4.69) is 5.32 Å². The van der Waals surface area contributed by atoms with Gasteiger partial charge in [0.1, 0.15) is 0 Å². The molecule has 1 saturated carbocycles. The van der Waals surface area contributed by atoms with Crippen LogP contribution in [0.1, 0.15) is 44.9 Å². The van der Waals surface area contributed by atoms with Gasteiger partial charge in [0.05, 0.1) is 6.61 Å². The maximum Gasteiger partial charge on any atom is 0.0615 e. The van der Waals surface area contributed by atoms with E-state index in [4.69, 9.17) is 4.74 Å². The van der Waals surface area contributed by atoms with Crippen LogP contribution in [0.25, 0.3) is 0 Å². The van der Waals surface area contributed by atoms with Crippen LogP contribution in [0.3, 0.4) is 0 Å². The summed E-state index contributed by atoms with van der Waals surface area (Å²) in [6.45, 7) is 2.10. The van der Waals surface area contributed by atoms with E-state index in [-0.39, 0.29) is 0 Å². The summed E-state index contributed by atoms with van der Waals surface area (Å²) in [7, 11) is 1.81. The Morgan fingerprint density at radius 2 is 1.87 bits per heavy atom. The summed E-state index contributed by atoms with van der Waals surface area (Å²) >= 11 is 0. The quantitative estimate of drug-likeness (QED) is 0.774. The molecule has 2 rings (SSSR count). The highest BCUT2D eigenvalue weighted by molar-refractivity contribution is 4.83. The van der Waals surface area contributed by atoms with Crippen molar-refractivity contribution in [3.05, 3.63) is 0 Å². The van der Waals surface area contributed by atoms with Crippen molar-refractivity contribution >= 4 is 0 Å². The lowest BCUT2D eigenvalue weighted by Gasteiger charge is -2.36. The van der Waals surface area contributed by atoms with Gasteiger partial charge in [0.15, 0.2) is 0 Å². The van der Waals surface area contributed by atoms with E-state index in [0.29, 0.717) is 6.04 Å². The standard InChI is InChI=1S/C13H25NO/c1-15-10-13-9-12(7-8-14-13)11-5-3-2-4-6-11/h11-14H,2-10H2,1H3. The van der Waals surface area contributed by atoms with Crippen molar-refractivity contribution in [3.63, 3.8) is 0 Å². The number of hydrogen-bond donors (Lipinski definition) is 1. The fourth-order valence-corrected chi connectivity index (χ4v) is 3.40.